The Bertz CT molecular complexity index is 423. The van der Waals surface area contributed by atoms with Crippen molar-refractivity contribution in [3.8, 4) is 0 Å². The van der Waals surface area contributed by atoms with E-state index in [4.69, 9.17) is 25.9 Å². The summed E-state index contributed by atoms with van der Waals surface area (Å²) in [6, 6.07) is 3.05. The van der Waals surface area contributed by atoms with E-state index in [1.807, 2.05) is 0 Å². The van der Waals surface area contributed by atoms with Crippen LogP contribution in [0.3, 0.4) is 0 Å². The Morgan fingerprint density at radius 1 is 0.667 bits per heavy atom. The van der Waals surface area contributed by atoms with Gasteiger partial charge in [-0.1, -0.05) is 25.7 Å². The molecule has 0 aromatic rings. The first-order valence-electron chi connectivity index (χ1n) is 12.0. The van der Waals surface area contributed by atoms with E-state index in [9.17, 15) is 0 Å². The third kappa shape index (κ3) is 10.7. The molecule has 2 aliphatic carbocycles. The van der Waals surface area contributed by atoms with Crippen molar-refractivity contribution in [3.05, 3.63) is 0 Å². The number of hydrogen-bond acceptors (Lipinski definition) is 6. The summed E-state index contributed by atoms with van der Waals surface area (Å²) < 4.78 is 0. The van der Waals surface area contributed by atoms with Crippen molar-refractivity contribution in [1.82, 2.24) is 26.6 Å². The molecule has 3 fully saturated rings. The van der Waals surface area contributed by atoms with Gasteiger partial charge in [-0.25, -0.2) is 0 Å². The van der Waals surface area contributed by atoms with Crippen LogP contribution in [0.25, 0.3) is 0 Å². The molecule has 2 saturated carbocycles. The van der Waals surface area contributed by atoms with Crippen LogP contribution >= 0.6 is 20.2 Å². The molecule has 1 unspecified atom stereocenters. The second-order valence-electron chi connectivity index (χ2n) is 8.90. The average molecular weight is 506 g/mol. The first-order chi connectivity index (χ1) is 14.8. The van der Waals surface area contributed by atoms with Crippen molar-refractivity contribution in [2.75, 3.05) is 39.3 Å². The summed E-state index contributed by atoms with van der Waals surface area (Å²) in [7, 11) is 9.59. The van der Waals surface area contributed by atoms with Crippen molar-refractivity contribution in [3.63, 3.8) is 0 Å². The number of fused-ring (bicyclic) bond motifs is 2. The van der Waals surface area contributed by atoms with Crippen LogP contribution in [0.4, 0.5) is 0 Å². The predicted molar refractivity (Wildman–Crippen MR) is 126 cm³/mol. The van der Waals surface area contributed by atoms with E-state index in [1.54, 1.807) is 0 Å². The Hall–Kier alpha value is 0.859. The summed E-state index contributed by atoms with van der Waals surface area (Å²) in [4.78, 5) is 0. The minimum atomic E-state index is 0.00694. The summed E-state index contributed by atoms with van der Waals surface area (Å²) in [5.74, 6) is 0. The van der Waals surface area contributed by atoms with E-state index in [1.165, 1.54) is 57.8 Å². The third-order valence-electron chi connectivity index (χ3n) is 6.82. The average Bonchev–Trinajstić information content (AvgIpc) is 2.77. The molecule has 3 aliphatic rings. The van der Waals surface area contributed by atoms with Gasteiger partial charge in [-0.05, 0) is 45.1 Å². The van der Waals surface area contributed by atoms with E-state index < -0.39 is 0 Å². The molecule has 5 atom stereocenters. The molecule has 7 N–H and O–H groups in total. The first kappa shape index (κ1) is 27.1. The number of nitrogens with two attached hydrogens (primary N) is 1. The second-order valence-corrected chi connectivity index (χ2v) is 10.9. The van der Waals surface area contributed by atoms with Crippen LogP contribution in [-0.2, 0) is 13.1 Å². The van der Waals surface area contributed by atoms with Crippen LogP contribution in [0.2, 0.25) is 0 Å². The molecule has 0 aromatic carbocycles. The topological polar surface area (TPSA) is 86.2 Å². The fourth-order valence-corrected chi connectivity index (χ4v) is 5.22. The summed E-state index contributed by atoms with van der Waals surface area (Å²) in [6.45, 7) is 6.13. The molecule has 30 heavy (non-hydrogen) atoms. The van der Waals surface area contributed by atoms with Gasteiger partial charge in [0.2, 0.25) is 0 Å². The van der Waals surface area contributed by atoms with E-state index in [-0.39, 0.29) is 13.1 Å². The van der Waals surface area contributed by atoms with Gasteiger partial charge in [0, 0.05) is 62.9 Å². The van der Waals surface area contributed by atoms with E-state index in [0.717, 1.165) is 45.7 Å². The number of hydrogen-bond donors (Lipinski definition) is 6. The van der Waals surface area contributed by atoms with Gasteiger partial charge >= 0.3 is 33.3 Å². The Balaban J connectivity index is 0.00000101. The SMILES string of the molecule is NCCC[C@H]1CN[C@@H]2CCCC[C@H]2NCCNC2CCCC[C@H]2NCCN1.[Cl][Mn][Cl]. The molecular formula is C21H44Cl2MnN6. The molecule has 6 nitrogen and oxygen atoms in total. The van der Waals surface area contributed by atoms with E-state index in [2.05, 4.69) is 26.6 Å². The Morgan fingerprint density at radius 3 is 1.50 bits per heavy atom. The molecular weight excluding hydrogens is 462 g/mol. The zero-order valence-electron chi connectivity index (χ0n) is 18.4. The molecule has 0 radical (unpaired) electrons. The molecule has 0 spiro atoms. The molecule has 1 aliphatic heterocycles. The molecule has 0 amide bonds. The molecule has 0 aromatic heterocycles. The Labute approximate surface area is 198 Å². The Kier molecular flexibility index (Phi) is 15.7. The fourth-order valence-electron chi connectivity index (χ4n) is 5.22. The summed E-state index contributed by atoms with van der Waals surface area (Å²) in [6.07, 6.45) is 13.0. The van der Waals surface area contributed by atoms with Crippen molar-refractivity contribution < 1.29 is 13.1 Å². The number of nitrogens with one attached hydrogen (secondary N) is 5. The fraction of sp³-hybridized carbons (Fsp3) is 1.00. The van der Waals surface area contributed by atoms with Crippen molar-refractivity contribution in [2.24, 2.45) is 5.73 Å². The first-order valence-corrected chi connectivity index (χ1v) is 15.3. The summed E-state index contributed by atoms with van der Waals surface area (Å²) in [5.41, 5.74) is 5.77. The van der Waals surface area contributed by atoms with Crippen LogP contribution in [0.1, 0.15) is 64.2 Å². The zero-order chi connectivity index (χ0) is 21.4. The van der Waals surface area contributed by atoms with Gasteiger partial charge in [0.1, 0.15) is 0 Å². The minimum absolute atomic E-state index is 0.00694. The summed E-state index contributed by atoms with van der Waals surface area (Å²) in [5, 5.41) is 19.2. The standard InChI is InChI=1S/C21H44N6.2ClH.Mn/c22-11-5-6-17-16-27-21-10-4-3-9-20(21)26-15-14-25-19-8-2-1-7-18(19)24-13-12-23-17;;;/h17-21,23-27H,1-16,22H2;2*1H;/q;;;+2/p-2/t17-,18+,19?,20+,21+;;;/m0.../s1. The van der Waals surface area contributed by atoms with Crippen LogP contribution in [0.5, 0.6) is 0 Å². The Morgan fingerprint density at radius 2 is 1.07 bits per heavy atom. The van der Waals surface area contributed by atoms with Gasteiger partial charge in [-0.15, -0.1) is 0 Å². The van der Waals surface area contributed by atoms with E-state index in [0.29, 0.717) is 30.2 Å². The van der Waals surface area contributed by atoms with Crippen LogP contribution in [0.15, 0.2) is 0 Å². The molecule has 9 heteroatoms. The monoisotopic (exact) mass is 505 g/mol. The van der Waals surface area contributed by atoms with Gasteiger partial charge in [0.05, 0.1) is 0 Å². The molecule has 0 bridgehead atoms. The van der Waals surface area contributed by atoms with Crippen molar-refractivity contribution in [2.45, 2.75) is 94.4 Å². The maximum atomic E-state index is 5.77. The predicted octanol–water partition coefficient (Wildman–Crippen LogP) is 2.05. The molecule has 1 saturated heterocycles. The quantitative estimate of drug-likeness (QED) is 0.329. The molecule has 3 rings (SSSR count). The van der Waals surface area contributed by atoms with Crippen LogP contribution in [-0.4, -0.2) is 69.5 Å². The molecule has 1 heterocycles. The second kappa shape index (κ2) is 17.4. The van der Waals surface area contributed by atoms with Gasteiger partial charge in [0.15, 0.2) is 0 Å². The van der Waals surface area contributed by atoms with Gasteiger partial charge in [-0.3, -0.25) is 0 Å². The van der Waals surface area contributed by atoms with Crippen LogP contribution < -0.4 is 32.3 Å². The van der Waals surface area contributed by atoms with E-state index >= 15 is 0 Å². The normalized spacial score (nSPS) is 34.3. The molecule has 179 valence electrons. The number of rotatable bonds is 3. The number of halogens is 2. The van der Waals surface area contributed by atoms with Gasteiger partial charge in [-0.2, -0.15) is 0 Å². The van der Waals surface area contributed by atoms with Gasteiger partial charge < -0.3 is 32.3 Å². The zero-order valence-corrected chi connectivity index (χ0v) is 21.1. The van der Waals surface area contributed by atoms with Crippen molar-refractivity contribution in [1.29, 1.82) is 0 Å². The summed E-state index contributed by atoms with van der Waals surface area (Å²) >= 11 is 0.00694. The maximum absolute atomic E-state index is 5.77. The van der Waals surface area contributed by atoms with Crippen molar-refractivity contribution >= 4 is 20.2 Å². The van der Waals surface area contributed by atoms with Crippen LogP contribution in [0, 0.1) is 0 Å². The van der Waals surface area contributed by atoms with Gasteiger partial charge in [0.25, 0.3) is 0 Å². The third-order valence-corrected chi connectivity index (χ3v) is 6.82.